The van der Waals surface area contributed by atoms with Crippen LogP contribution in [0.1, 0.15) is 0 Å². The van der Waals surface area contributed by atoms with E-state index in [0.717, 1.165) is 22.4 Å². The second-order valence-electron chi connectivity index (χ2n) is 5.09. The van der Waals surface area contributed by atoms with Crippen molar-refractivity contribution in [3.05, 3.63) is 82.9 Å². The molecule has 0 N–H and O–H groups in total. The number of hydrogen-bond donors (Lipinski definition) is 0. The van der Waals surface area contributed by atoms with E-state index in [2.05, 4.69) is 0 Å². The fourth-order valence-corrected chi connectivity index (χ4v) is 2.53. The topological polar surface area (TPSA) is 52.4 Å². The number of methoxy groups -OCH3 is 1. The molecule has 0 aliphatic rings. The molecule has 3 aromatic carbocycles. The molecule has 0 amide bonds. The Morgan fingerprint density at radius 2 is 1.52 bits per heavy atom. The monoisotopic (exact) mass is 305 g/mol. The second kappa shape index (κ2) is 6.32. The predicted octanol–water partition coefficient (Wildman–Crippen LogP) is 4.94. The zero-order chi connectivity index (χ0) is 16.2. The third kappa shape index (κ3) is 3.06. The highest BCUT2D eigenvalue weighted by molar-refractivity contribution is 5.79. The van der Waals surface area contributed by atoms with Crippen LogP contribution in [-0.2, 0) is 0 Å². The van der Waals surface area contributed by atoms with Gasteiger partial charge in [0.25, 0.3) is 5.69 Å². The Bertz CT molecular complexity index is 844. The molecule has 0 aromatic heterocycles. The van der Waals surface area contributed by atoms with Gasteiger partial charge in [0.2, 0.25) is 0 Å². The molecule has 0 fully saturated rings. The van der Waals surface area contributed by atoms with E-state index >= 15 is 0 Å². The van der Waals surface area contributed by atoms with Gasteiger partial charge in [-0.15, -0.1) is 0 Å². The maximum atomic E-state index is 11.5. The molecule has 0 unspecified atom stereocenters. The number of benzene rings is 3. The predicted molar refractivity (Wildman–Crippen MR) is 90.5 cm³/mol. The van der Waals surface area contributed by atoms with E-state index in [1.807, 2.05) is 60.7 Å². The van der Waals surface area contributed by atoms with Crippen LogP contribution in [0, 0.1) is 10.1 Å². The summed E-state index contributed by atoms with van der Waals surface area (Å²) in [5.41, 5.74) is 3.21. The Labute approximate surface area is 134 Å². The minimum atomic E-state index is -0.341. The summed E-state index contributed by atoms with van der Waals surface area (Å²) in [6.07, 6.45) is 0. The average molecular weight is 305 g/mol. The minimum absolute atomic E-state index is 0.0940. The highest BCUT2D eigenvalue weighted by Crippen LogP contribution is 2.34. The lowest BCUT2D eigenvalue weighted by Gasteiger charge is -2.08. The van der Waals surface area contributed by atoms with Crippen LogP contribution in [0.5, 0.6) is 5.75 Å². The summed E-state index contributed by atoms with van der Waals surface area (Å²) in [7, 11) is 1.60. The first-order valence-corrected chi connectivity index (χ1v) is 7.17. The lowest BCUT2D eigenvalue weighted by molar-refractivity contribution is -0.384. The first kappa shape index (κ1) is 14.8. The van der Waals surface area contributed by atoms with Gasteiger partial charge in [-0.3, -0.25) is 10.1 Å². The van der Waals surface area contributed by atoms with Crippen molar-refractivity contribution < 1.29 is 9.66 Å². The van der Waals surface area contributed by atoms with Gasteiger partial charge in [0.1, 0.15) is 5.75 Å². The maximum Gasteiger partial charge on any atom is 0.277 e. The van der Waals surface area contributed by atoms with Gasteiger partial charge in [-0.1, -0.05) is 48.5 Å². The quantitative estimate of drug-likeness (QED) is 0.507. The maximum absolute atomic E-state index is 11.5. The van der Waals surface area contributed by atoms with Crippen molar-refractivity contribution >= 4 is 5.69 Å². The third-order valence-electron chi connectivity index (χ3n) is 3.68. The van der Waals surface area contributed by atoms with Gasteiger partial charge in [0, 0.05) is 6.07 Å². The molecule has 0 aliphatic carbocycles. The summed E-state index contributed by atoms with van der Waals surface area (Å²) in [6, 6.07) is 22.1. The number of hydrogen-bond acceptors (Lipinski definition) is 3. The summed E-state index contributed by atoms with van der Waals surface area (Å²) in [5, 5.41) is 11.5. The Kier molecular flexibility index (Phi) is 4.06. The molecule has 0 atom stereocenters. The van der Waals surface area contributed by atoms with E-state index in [0.29, 0.717) is 5.56 Å². The molecule has 114 valence electrons. The third-order valence-corrected chi connectivity index (χ3v) is 3.68. The molecule has 0 aliphatic heterocycles. The van der Waals surface area contributed by atoms with Crippen LogP contribution >= 0.6 is 0 Å². The lowest BCUT2D eigenvalue weighted by atomic mass is 9.98. The van der Waals surface area contributed by atoms with Gasteiger partial charge < -0.3 is 4.74 Å². The minimum Gasteiger partial charge on any atom is -0.497 e. The van der Waals surface area contributed by atoms with Crippen molar-refractivity contribution in [2.24, 2.45) is 0 Å². The summed E-state index contributed by atoms with van der Waals surface area (Å²) in [6.45, 7) is 0. The van der Waals surface area contributed by atoms with Crippen LogP contribution < -0.4 is 4.74 Å². The fraction of sp³-hybridized carbons (Fsp3) is 0.0526. The number of rotatable bonds is 4. The molecular weight excluding hydrogens is 290 g/mol. The molecule has 4 heteroatoms. The van der Waals surface area contributed by atoms with E-state index in [-0.39, 0.29) is 10.6 Å². The fourth-order valence-electron chi connectivity index (χ4n) is 2.53. The SMILES string of the molecule is COc1cccc(-c2ccc(-c3ccccc3)c([N+](=O)[O-])c2)c1. The van der Waals surface area contributed by atoms with Crippen molar-refractivity contribution in [3.8, 4) is 28.0 Å². The smallest absolute Gasteiger partial charge is 0.277 e. The Balaban J connectivity index is 2.11. The summed E-state index contributed by atoms with van der Waals surface area (Å²) in [5.74, 6) is 0.720. The standard InChI is InChI=1S/C19H15NO3/c1-23-17-9-5-8-15(12-17)16-10-11-18(19(13-16)20(21)22)14-6-3-2-4-7-14/h2-13H,1H3. The summed E-state index contributed by atoms with van der Waals surface area (Å²) in [4.78, 5) is 11.1. The first-order chi connectivity index (χ1) is 11.2. The van der Waals surface area contributed by atoms with Gasteiger partial charge in [0.05, 0.1) is 17.6 Å². The summed E-state index contributed by atoms with van der Waals surface area (Å²) >= 11 is 0. The van der Waals surface area contributed by atoms with Crippen LogP contribution in [0.25, 0.3) is 22.3 Å². The number of ether oxygens (including phenoxy) is 1. The van der Waals surface area contributed by atoms with Crippen molar-refractivity contribution in [2.75, 3.05) is 7.11 Å². The molecule has 3 aromatic rings. The molecule has 0 bridgehead atoms. The zero-order valence-corrected chi connectivity index (χ0v) is 12.6. The highest BCUT2D eigenvalue weighted by Gasteiger charge is 2.16. The number of nitro groups is 1. The second-order valence-corrected chi connectivity index (χ2v) is 5.09. The van der Waals surface area contributed by atoms with Crippen LogP contribution in [0.2, 0.25) is 0 Å². The molecule has 23 heavy (non-hydrogen) atoms. The Morgan fingerprint density at radius 3 is 2.22 bits per heavy atom. The number of nitrogens with zero attached hydrogens (tertiary/aromatic N) is 1. The van der Waals surface area contributed by atoms with Crippen LogP contribution in [0.3, 0.4) is 0 Å². The Hall–Kier alpha value is -3.14. The van der Waals surface area contributed by atoms with E-state index in [4.69, 9.17) is 4.74 Å². The molecule has 0 saturated carbocycles. The van der Waals surface area contributed by atoms with Gasteiger partial charge in [0.15, 0.2) is 0 Å². The molecular formula is C19H15NO3. The van der Waals surface area contributed by atoms with Crippen molar-refractivity contribution in [2.45, 2.75) is 0 Å². The molecule has 0 spiro atoms. The lowest BCUT2D eigenvalue weighted by Crippen LogP contribution is -1.93. The number of nitro benzene ring substituents is 1. The summed E-state index contributed by atoms with van der Waals surface area (Å²) < 4.78 is 5.21. The van der Waals surface area contributed by atoms with Gasteiger partial charge in [-0.2, -0.15) is 0 Å². The molecule has 3 rings (SSSR count). The van der Waals surface area contributed by atoms with Crippen LogP contribution in [-0.4, -0.2) is 12.0 Å². The highest BCUT2D eigenvalue weighted by atomic mass is 16.6. The van der Waals surface area contributed by atoms with Crippen molar-refractivity contribution in [1.82, 2.24) is 0 Å². The van der Waals surface area contributed by atoms with E-state index < -0.39 is 0 Å². The zero-order valence-electron chi connectivity index (χ0n) is 12.6. The van der Waals surface area contributed by atoms with Crippen LogP contribution in [0.15, 0.2) is 72.8 Å². The normalized spacial score (nSPS) is 10.3. The molecule has 0 radical (unpaired) electrons. The van der Waals surface area contributed by atoms with Crippen molar-refractivity contribution in [1.29, 1.82) is 0 Å². The van der Waals surface area contributed by atoms with E-state index in [1.54, 1.807) is 19.2 Å². The van der Waals surface area contributed by atoms with Gasteiger partial charge in [-0.05, 0) is 34.9 Å². The Morgan fingerprint density at radius 1 is 0.826 bits per heavy atom. The molecule has 0 heterocycles. The molecule has 4 nitrogen and oxygen atoms in total. The first-order valence-electron chi connectivity index (χ1n) is 7.17. The average Bonchev–Trinajstić information content (AvgIpc) is 2.62. The van der Waals surface area contributed by atoms with Crippen molar-refractivity contribution in [3.63, 3.8) is 0 Å². The van der Waals surface area contributed by atoms with E-state index in [9.17, 15) is 10.1 Å². The van der Waals surface area contributed by atoms with E-state index in [1.165, 1.54) is 0 Å². The largest absolute Gasteiger partial charge is 0.497 e. The van der Waals surface area contributed by atoms with Gasteiger partial charge >= 0.3 is 0 Å². The van der Waals surface area contributed by atoms with Gasteiger partial charge in [-0.25, -0.2) is 0 Å². The molecule has 0 saturated heterocycles. The van der Waals surface area contributed by atoms with Crippen LogP contribution in [0.4, 0.5) is 5.69 Å².